The molecule has 1 aromatic carbocycles. The summed E-state index contributed by atoms with van der Waals surface area (Å²) in [4.78, 5) is 0. The summed E-state index contributed by atoms with van der Waals surface area (Å²) in [5, 5.41) is 12.4. The molecule has 6 heteroatoms. The highest BCUT2D eigenvalue weighted by Crippen LogP contribution is 2.28. The van der Waals surface area contributed by atoms with Crippen LogP contribution in [0.4, 0.5) is 8.78 Å². The van der Waals surface area contributed by atoms with Crippen LogP contribution < -0.4 is 5.32 Å². The van der Waals surface area contributed by atoms with Gasteiger partial charge in [-0.1, -0.05) is 18.3 Å². The normalized spacial score (nSPS) is 12.7. The molecule has 2 aromatic rings. The Morgan fingerprint density at radius 1 is 1.33 bits per heavy atom. The molecule has 0 fully saturated rings. The van der Waals surface area contributed by atoms with Crippen LogP contribution in [0.15, 0.2) is 18.2 Å². The van der Waals surface area contributed by atoms with Gasteiger partial charge in [0.25, 0.3) is 0 Å². The first-order valence-electron chi connectivity index (χ1n) is 5.64. The van der Waals surface area contributed by atoms with Crippen molar-refractivity contribution in [1.82, 2.24) is 15.5 Å². The van der Waals surface area contributed by atoms with Gasteiger partial charge in [0, 0.05) is 11.6 Å². The third-order valence-corrected chi connectivity index (χ3v) is 3.62. The molecule has 3 nitrogen and oxygen atoms in total. The van der Waals surface area contributed by atoms with Crippen LogP contribution in [0.1, 0.15) is 24.9 Å². The van der Waals surface area contributed by atoms with Crippen LogP contribution in [0.3, 0.4) is 0 Å². The van der Waals surface area contributed by atoms with E-state index in [1.54, 1.807) is 0 Å². The van der Waals surface area contributed by atoms with Crippen molar-refractivity contribution >= 4 is 11.3 Å². The molecule has 0 bridgehead atoms. The lowest BCUT2D eigenvalue weighted by molar-refractivity contribution is 0.585. The fourth-order valence-electron chi connectivity index (χ4n) is 1.57. The quantitative estimate of drug-likeness (QED) is 0.926. The van der Waals surface area contributed by atoms with E-state index in [0.717, 1.165) is 17.6 Å². The van der Waals surface area contributed by atoms with E-state index < -0.39 is 11.6 Å². The molecule has 96 valence electrons. The Morgan fingerprint density at radius 2 is 2.11 bits per heavy atom. The summed E-state index contributed by atoms with van der Waals surface area (Å²) in [6, 6.07) is 3.52. The second-order valence-corrected chi connectivity index (χ2v) is 4.86. The molecular formula is C12H13F2N3S. The number of hydrogen-bond donors (Lipinski definition) is 1. The SMILES string of the molecule is CCNC(C)c1nnc(-c2ccc(F)cc2F)s1. The number of halogens is 2. The minimum atomic E-state index is -0.617. The summed E-state index contributed by atoms with van der Waals surface area (Å²) >= 11 is 1.31. The zero-order chi connectivity index (χ0) is 13.1. The molecule has 1 N–H and O–H groups in total. The lowest BCUT2D eigenvalue weighted by Gasteiger charge is -2.06. The molecule has 2 rings (SSSR count). The Morgan fingerprint density at radius 3 is 2.78 bits per heavy atom. The van der Waals surface area contributed by atoms with Gasteiger partial charge in [-0.05, 0) is 25.6 Å². The lowest BCUT2D eigenvalue weighted by atomic mass is 10.2. The molecule has 0 aliphatic heterocycles. The third kappa shape index (κ3) is 2.70. The van der Waals surface area contributed by atoms with E-state index in [1.165, 1.54) is 23.5 Å². The Bertz CT molecular complexity index is 542. The van der Waals surface area contributed by atoms with E-state index in [-0.39, 0.29) is 11.6 Å². The van der Waals surface area contributed by atoms with Gasteiger partial charge in [0.1, 0.15) is 16.6 Å². The van der Waals surface area contributed by atoms with Gasteiger partial charge in [-0.3, -0.25) is 0 Å². The summed E-state index contributed by atoms with van der Waals surface area (Å²) in [6.07, 6.45) is 0. The first-order chi connectivity index (χ1) is 8.61. The van der Waals surface area contributed by atoms with Crippen molar-refractivity contribution in [2.45, 2.75) is 19.9 Å². The van der Waals surface area contributed by atoms with Crippen LogP contribution in [0.5, 0.6) is 0 Å². The molecule has 1 heterocycles. The van der Waals surface area contributed by atoms with Crippen molar-refractivity contribution in [2.75, 3.05) is 6.54 Å². The predicted molar refractivity (Wildman–Crippen MR) is 67.4 cm³/mol. The number of benzene rings is 1. The van der Waals surface area contributed by atoms with Crippen molar-refractivity contribution in [3.8, 4) is 10.6 Å². The molecule has 0 saturated heterocycles. The molecule has 0 aliphatic rings. The van der Waals surface area contributed by atoms with E-state index in [9.17, 15) is 8.78 Å². The summed E-state index contributed by atoms with van der Waals surface area (Å²) in [5.74, 6) is -1.21. The number of nitrogens with zero attached hydrogens (tertiary/aromatic N) is 2. The predicted octanol–water partition coefficient (Wildman–Crippen LogP) is 3.15. The molecule has 1 aromatic heterocycles. The van der Waals surface area contributed by atoms with E-state index in [4.69, 9.17) is 0 Å². The Kier molecular flexibility index (Phi) is 3.98. The molecule has 0 saturated carbocycles. The van der Waals surface area contributed by atoms with Gasteiger partial charge in [-0.2, -0.15) is 0 Å². The molecule has 18 heavy (non-hydrogen) atoms. The van der Waals surface area contributed by atoms with E-state index in [0.29, 0.717) is 5.01 Å². The van der Waals surface area contributed by atoms with Gasteiger partial charge >= 0.3 is 0 Å². The van der Waals surface area contributed by atoms with Crippen LogP contribution in [0, 0.1) is 11.6 Å². The Balaban J connectivity index is 2.29. The number of hydrogen-bond acceptors (Lipinski definition) is 4. The van der Waals surface area contributed by atoms with Crippen LogP contribution in [-0.2, 0) is 0 Å². The van der Waals surface area contributed by atoms with Crippen LogP contribution >= 0.6 is 11.3 Å². The maximum atomic E-state index is 13.6. The first kappa shape index (κ1) is 13.0. The van der Waals surface area contributed by atoms with Gasteiger partial charge in [-0.15, -0.1) is 10.2 Å². The molecule has 0 spiro atoms. The van der Waals surface area contributed by atoms with Gasteiger partial charge < -0.3 is 5.32 Å². The highest BCUT2D eigenvalue weighted by molar-refractivity contribution is 7.14. The topological polar surface area (TPSA) is 37.8 Å². The third-order valence-electron chi connectivity index (χ3n) is 2.48. The van der Waals surface area contributed by atoms with Crippen molar-refractivity contribution in [2.24, 2.45) is 0 Å². The second-order valence-electron chi connectivity index (χ2n) is 3.85. The monoisotopic (exact) mass is 269 g/mol. The van der Waals surface area contributed by atoms with E-state index in [1.807, 2.05) is 13.8 Å². The number of aromatic nitrogens is 2. The van der Waals surface area contributed by atoms with E-state index >= 15 is 0 Å². The number of rotatable bonds is 4. The van der Waals surface area contributed by atoms with Gasteiger partial charge in [0.2, 0.25) is 0 Å². The molecule has 1 unspecified atom stereocenters. The second kappa shape index (κ2) is 5.49. The molecule has 0 aliphatic carbocycles. The molecule has 0 radical (unpaired) electrons. The van der Waals surface area contributed by atoms with Crippen LogP contribution in [0.2, 0.25) is 0 Å². The average Bonchev–Trinajstić information content (AvgIpc) is 2.78. The highest BCUT2D eigenvalue weighted by Gasteiger charge is 2.15. The van der Waals surface area contributed by atoms with Crippen LogP contribution in [-0.4, -0.2) is 16.7 Å². The first-order valence-corrected chi connectivity index (χ1v) is 6.45. The van der Waals surface area contributed by atoms with Crippen LogP contribution in [0.25, 0.3) is 10.6 Å². The zero-order valence-corrected chi connectivity index (χ0v) is 10.9. The summed E-state index contributed by atoms with van der Waals surface area (Å²) in [5.41, 5.74) is 0.281. The Labute approximate surface area is 108 Å². The van der Waals surface area contributed by atoms with Gasteiger partial charge in [0.05, 0.1) is 6.04 Å². The molecule has 1 atom stereocenters. The van der Waals surface area contributed by atoms with Crippen molar-refractivity contribution in [3.63, 3.8) is 0 Å². The minimum absolute atomic E-state index is 0.0739. The molecule has 0 amide bonds. The Hall–Kier alpha value is -1.40. The fraction of sp³-hybridized carbons (Fsp3) is 0.333. The maximum absolute atomic E-state index is 13.6. The highest BCUT2D eigenvalue weighted by atomic mass is 32.1. The van der Waals surface area contributed by atoms with Crippen molar-refractivity contribution in [3.05, 3.63) is 34.8 Å². The fourth-order valence-corrected chi connectivity index (χ4v) is 2.47. The number of nitrogens with one attached hydrogen (secondary N) is 1. The summed E-state index contributed by atoms with van der Waals surface area (Å²) in [7, 11) is 0. The average molecular weight is 269 g/mol. The van der Waals surface area contributed by atoms with Gasteiger partial charge in [-0.25, -0.2) is 8.78 Å². The zero-order valence-electron chi connectivity index (χ0n) is 10.1. The van der Waals surface area contributed by atoms with Gasteiger partial charge in [0.15, 0.2) is 5.01 Å². The summed E-state index contributed by atoms with van der Waals surface area (Å²) < 4.78 is 26.4. The lowest BCUT2D eigenvalue weighted by Crippen LogP contribution is -2.17. The summed E-state index contributed by atoms with van der Waals surface area (Å²) in [6.45, 7) is 4.79. The maximum Gasteiger partial charge on any atom is 0.150 e. The largest absolute Gasteiger partial charge is 0.308 e. The smallest absolute Gasteiger partial charge is 0.150 e. The minimum Gasteiger partial charge on any atom is -0.308 e. The van der Waals surface area contributed by atoms with E-state index in [2.05, 4.69) is 15.5 Å². The van der Waals surface area contributed by atoms with Crippen molar-refractivity contribution in [1.29, 1.82) is 0 Å². The standard InChI is InChI=1S/C12H13F2N3S/c1-3-15-7(2)11-16-17-12(18-11)9-5-4-8(13)6-10(9)14/h4-7,15H,3H2,1-2H3. The molecular weight excluding hydrogens is 256 g/mol. The van der Waals surface area contributed by atoms with Crippen molar-refractivity contribution < 1.29 is 8.78 Å².